The molecule has 1 N–H and O–H groups in total. The van der Waals surface area contributed by atoms with Crippen LogP contribution in [0.3, 0.4) is 0 Å². The number of ether oxygens (including phenoxy) is 2. The minimum Gasteiger partial charge on any atom is -0.493 e. The van der Waals surface area contributed by atoms with Crippen LogP contribution in [0.15, 0.2) is 12.1 Å². The third-order valence-corrected chi connectivity index (χ3v) is 3.50. The van der Waals surface area contributed by atoms with E-state index in [9.17, 15) is 4.79 Å². The number of benzene rings is 1. The molecule has 2 aromatic rings. The highest BCUT2D eigenvalue weighted by Crippen LogP contribution is 2.43. The number of nitrogens with zero attached hydrogens (tertiary/aromatic N) is 2. The van der Waals surface area contributed by atoms with Gasteiger partial charge in [0.2, 0.25) is 0 Å². The molecular formula is C14H15ClN2O4. The highest BCUT2D eigenvalue weighted by Gasteiger charge is 2.20. The summed E-state index contributed by atoms with van der Waals surface area (Å²) in [6.07, 6.45) is 0. The van der Waals surface area contributed by atoms with E-state index in [1.807, 2.05) is 6.92 Å². The van der Waals surface area contributed by atoms with Crippen molar-refractivity contribution in [3.05, 3.63) is 28.4 Å². The van der Waals surface area contributed by atoms with Crippen LogP contribution < -0.4 is 9.47 Å². The molecule has 0 radical (unpaired) electrons. The average Bonchev–Trinajstić information content (AvgIpc) is 2.82. The summed E-state index contributed by atoms with van der Waals surface area (Å²) in [6, 6.07) is 3.20. The van der Waals surface area contributed by atoms with Crippen LogP contribution in [0, 0.1) is 6.92 Å². The summed E-state index contributed by atoms with van der Waals surface area (Å²) in [6.45, 7) is 1.85. The Bertz CT molecular complexity index is 709. The Balaban J connectivity index is 2.70. The van der Waals surface area contributed by atoms with E-state index in [-0.39, 0.29) is 5.69 Å². The van der Waals surface area contributed by atoms with E-state index in [1.165, 1.54) is 25.0 Å². The Kier molecular flexibility index (Phi) is 4.09. The van der Waals surface area contributed by atoms with Gasteiger partial charge in [-0.3, -0.25) is 4.68 Å². The summed E-state index contributed by atoms with van der Waals surface area (Å²) in [5.41, 5.74) is 2.13. The molecular weight excluding hydrogens is 296 g/mol. The maximum absolute atomic E-state index is 11.0. The van der Waals surface area contributed by atoms with Gasteiger partial charge in [0.25, 0.3) is 0 Å². The lowest BCUT2D eigenvalue weighted by Crippen LogP contribution is -2.00. The molecule has 1 aromatic carbocycles. The number of aromatic carboxylic acids is 1. The summed E-state index contributed by atoms with van der Waals surface area (Å²) in [4.78, 5) is 11.0. The van der Waals surface area contributed by atoms with Crippen LogP contribution in [-0.2, 0) is 7.05 Å². The van der Waals surface area contributed by atoms with E-state index in [0.717, 1.165) is 11.1 Å². The Hall–Kier alpha value is -2.21. The van der Waals surface area contributed by atoms with Crippen LogP contribution >= 0.6 is 11.6 Å². The molecule has 0 aliphatic carbocycles. The summed E-state index contributed by atoms with van der Waals surface area (Å²) >= 11 is 6.21. The first kappa shape index (κ1) is 15.2. The van der Waals surface area contributed by atoms with Gasteiger partial charge in [-0.1, -0.05) is 11.6 Å². The Morgan fingerprint density at radius 1 is 1.29 bits per heavy atom. The third kappa shape index (κ3) is 2.54. The minimum atomic E-state index is -1.08. The Morgan fingerprint density at radius 3 is 2.38 bits per heavy atom. The molecule has 0 saturated heterocycles. The number of halogens is 1. The van der Waals surface area contributed by atoms with Crippen molar-refractivity contribution in [2.45, 2.75) is 6.92 Å². The fourth-order valence-corrected chi connectivity index (χ4v) is 2.50. The molecule has 0 atom stereocenters. The van der Waals surface area contributed by atoms with Crippen LogP contribution in [0.2, 0.25) is 5.02 Å². The molecule has 2 rings (SSSR count). The first-order valence-corrected chi connectivity index (χ1v) is 6.47. The van der Waals surface area contributed by atoms with Crippen LogP contribution in [0.5, 0.6) is 11.5 Å². The molecule has 1 heterocycles. The van der Waals surface area contributed by atoms with E-state index in [2.05, 4.69) is 5.10 Å². The monoisotopic (exact) mass is 310 g/mol. The lowest BCUT2D eigenvalue weighted by Gasteiger charge is -2.16. The fourth-order valence-electron chi connectivity index (χ4n) is 2.23. The molecule has 0 spiro atoms. The molecule has 112 valence electrons. The van der Waals surface area contributed by atoms with Gasteiger partial charge in [0.1, 0.15) is 0 Å². The maximum atomic E-state index is 11.0. The normalized spacial score (nSPS) is 10.5. The highest BCUT2D eigenvalue weighted by atomic mass is 35.5. The number of aromatic nitrogens is 2. The summed E-state index contributed by atoms with van der Waals surface area (Å²) in [5.74, 6) is -0.125. The number of carboxylic acids is 1. The Morgan fingerprint density at radius 2 is 1.90 bits per heavy atom. The molecule has 7 heteroatoms. The van der Waals surface area contributed by atoms with Crippen LogP contribution in [0.25, 0.3) is 11.3 Å². The van der Waals surface area contributed by atoms with E-state index in [1.54, 1.807) is 13.1 Å². The smallest absolute Gasteiger partial charge is 0.356 e. The van der Waals surface area contributed by atoms with Crippen molar-refractivity contribution in [3.63, 3.8) is 0 Å². The molecule has 1 aromatic heterocycles. The van der Waals surface area contributed by atoms with E-state index < -0.39 is 5.97 Å². The lowest BCUT2D eigenvalue weighted by molar-refractivity contribution is 0.0689. The topological polar surface area (TPSA) is 73.6 Å². The number of hydrogen-bond donors (Lipinski definition) is 1. The number of carbonyl (C=O) groups is 1. The van der Waals surface area contributed by atoms with Gasteiger partial charge in [-0.25, -0.2) is 4.79 Å². The minimum absolute atomic E-state index is 0.0298. The van der Waals surface area contributed by atoms with Crippen molar-refractivity contribution in [1.82, 2.24) is 9.78 Å². The predicted octanol–water partition coefficient (Wildman–Crippen LogP) is 2.76. The number of rotatable bonds is 4. The largest absolute Gasteiger partial charge is 0.493 e. The fraction of sp³-hybridized carbons (Fsp3) is 0.286. The molecule has 21 heavy (non-hydrogen) atoms. The average molecular weight is 311 g/mol. The molecule has 0 aliphatic heterocycles. The second kappa shape index (κ2) is 5.65. The highest BCUT2D eigenvalue weighted by molar-refractivity contribution is 6.32. The third-order valence-electron chi connectivity index (χ3n) is 3.22. The number of aryl methyl sites for hydroxylation is 1. The number of carboxylic acid groups (broad SMARTS) is 1. The molecule has 0 bridgehead atoms. The number of methoxy groups -OCH3 is 2. The van der Waals surface area contributed by atoms with Crippen molar-refractivity contribution in [1.29, 1.82) is 0 Å². The summed E-state index contributed by atoms with van der Waals surface area (Å²) < 4.78 is 12.1. The van der Waals surface area contributed by atoms with Crippen LogP contribution in [0.1, 0.15) is 16.1 Å². The SMILES string of the molecule is COc1c(Cl)cc(-c2cc(C(=O)O)nn2C)c(C)c1OC. The van der Waals surface area contributed by atoms with Crippen molar-refractivity contribution in [2.75, 3.05) is 14.2 Å². The van der Waals surface area contributed by atoms with Gasteiger partial charge >= 0.3 is 5.97 Å². The first-order valence-electron chi connectivity index (χ1n) is 6.09. The maximum Gasteiger partial charge on any atom is 0.356 e. The molecule has 0 saturated carbocycles. The van der Waals surface area contributed by atoms with Crippen molar-refractivity contribution >= 4 is 17.6 Å². The molecule has 0 unspecified atom stereocenters. The Labute approximate surface area is 126 Å². The summed E-state index contributed by atoms with van der Waals surface area (Å²) in [7, 11) is 4.71. The lowest BCUT2D eigenvalue weighted by atomic mass is 10.0. The zero-order valence-electron chi connectivity index (χ0n) is 12.1. The molecule has 0 aliphatic rings. The quantitative estimate of drug-likeness (QED) is 0.940. The zero-order chi connectivity index (χ0) is 15.7. The van der Waals surface area contributed by atoms with E-state index >= 15 is 0 Å². The van der Waals surface area contributed by atoms with Gasteiger partial charge in [0, 0.05) is 18.2 Å². The van der Waals surface area contributed by atoms with Crippen molar-refractivity contribution in [2.24, 2.45) is 7.05 Å². The first-order chi connectivity index (χ1) is 9.90. The van der Waals surface area contributed by atoms with Gasteiger partial charge in [-0.05, 0) is 19.1 Å². The van der Waals surface area contributed by atoms with E-state index in [4.69, 9.17) is 26.2 Å². The summed E-state index contributed by atoms with van der Waals surface area (Å²) in [5, 5.41) is 13.4. The second-order valence-corrected chi connectivity index (χ2v) is 4.85. The van der Waals surface area contributed by atoms with Crippen LogP contribution in [-0.4, -0.2) is 35.1 Å². The standard InChI is InChI=1S/C14H15ClN2O4/c1-7-8(5-9(15)13(21-4)12(7)20-3)11-6-10(14(18)19)16-17(11)2/h5-6H,1-4H3,(H,18,19). The molecule has 0 amide bonds. The van der Waals surface area contributed by atoms with Gasteiger partial charge in [0.15, 0.2) is 17.2 Å². The van der Waals surface area contributed by atoms with Crippen LogP contribution in [0.4, 0.5) is 0 Å². The predicted molar refractivity (Wildman–Crippen MR) is 78.5 cm³/mol. The van der Waals surface area contributed by atoms with E-state index in [0.29, 0.717) is 22.2 Å². The van der Waals surface area contributed by atoms with Crippen molar-refractivity contribution in [3.8, 4) is 22.8 Å². The number of hydrogen-bond acceptors (Lipinski definition) is 4. The molecule has 6 nitrogen and oxygen atoms in total. The van der Waals surface area contributed by atoms with Crippen molar-refractivity contribution < 1.29 is 19.4 Å². The van der Waals surface area contributed by atoms with Gasteiger partial charge in [-0.2, -0.15) is 5.10 Å². The second-order valence-electron chi connectivity index (χ2n) is 4.44. The van der Waals surface area contributed by atoms with Gasteiger partial charge in [-0.15, -0.1) is 0 Å². The van der Waals surface area contributed by atoms with Gasteiger partial charge < -0.3 is 14.6 Å². The van der Waals surface area contributed by atoms with Gasteiger partial charge in [0.05, 0.1) is 24.9 Å². The zero-order valence-corrected chi connectivity index (χ0v) is 12.9. The molecule has 0 fully saturated rings.